The molecule has 0 aromatic heterocycles. The van der Waals surface area contributed by atoms with E-state index >= 15 is 0 Å². The van der Waals surface area contributed by atoms with Gasteiger partial charge in [0.2, 0.25) is 0 Å². The molecule has 2 rings (SSSR count). The molecule has 0 heterocycles. The smallest absolute Gasteiger partial charge is 0.125 e. The molecule has 1 aliphatic rings. The van der Waals surface area contributed by atoms with Gasteiger partial charge < -0.3 is 5.32 Å². The number of hydrogen-bond donors (Lipinski definition) is 1. The molecule has 1 N–H and O–H groups in total. The zero-order chi connectivity index (χ0) is 11.5. The Bertz CT molecular complexity index is 363. The monoisotopic (exact) mass is 285 g/mol. The molecule has 0 spiro atoms. The number of rotatable bonds is 4. The van der Waals surface area contributed by atoms with Gasteiger partial charge in [0.05, 0.1) is 5.69 Å². The second-order valence-corrected chi connectivity index (χ2v) is 5.56. The molecule has 0 amide bonds. The molecule has 1 atom stereocenters. The Labute approximate surface area is 105 Å². The van der Waals surface area contributed by atoms with E-state index in [1.54, 1.807) is 12.1 Å². The van der Waals surface area contributed by atoms with Gasteiger partial charge in [0.1, 0.15) is 5.82 Å². The van der Waals surface area contributed by atoms with Crippen LogP contribution in [0.15, 0.2) is 22.7 Å². The summed E-state index contributed by atoms with van der Waals surface area (Å²) in [6.07, 6.45) is 5.27. The number of nitrogens with one attached hydrogen (secondary N) is 1. The van der Waals surface area contributed by atoms with Gasteiger partial charge in [-0.2, -0.15) is 0 Å². The summed E-state index contributed by atoms with van der Waals surface area (Å²) in [5.41, 5.74) is 0.854. The first-order valence-corrected chi connectivity index (χ1v) is 6.66. The molecule has 1 saturated carbocycles. The minimum Gasteiger partial charge on any atom is -0.382 e. The van der Waals surface area contributed by atoms with Crippen LogP contribution in [-0.2, 0) is 0 Å². The predicted octanol–water partition coefficient (Wildman–Crippen LogP) is 4.58. The molecule has 0 radical (unpaired) electrons. The molecule has 1 aliphatic carbocycles. The first kappa shape index (κ1) is 11.9. The van der Waals surface area contributed by atoms with E-state index in [2.05, 4.69) is 28.2 Å². The Morgan fingerprint density at radius 2 is 2.25 bits per heavy atom. The fraction of sp³-hybridized carbons (Fsp3) is 0.538. The first-order valence-electron chi connectivity index (χ1n) is 5.87. The number of benzene rings is 1. The molecule has 1 unspecified atom stereocenters. The van der Waals surface area contributed by atoms with Crippen molar-refractivity contribution >= 4 is 21.6 Å². The summed E-state index contributed by atoms with van der Waals surface area (Å²) in [5.74, 6) is 0.677. The van der Waals surface area contributed by atoms with Crippen LogP contribution in [0.5, 0.6) is 0 Å². The lowest BCUT2D eigenvalue weighted by molar-refractivity contribution is 0.286. The van der Waals surface area contributed by atoms with Gasteiger partial charge >= 0.3 is 0 Å². The van der Waals surface area contributed by atoms with Crippen molar-refractivity contribution in [3.8, 4) is 0 Å². The zero-order valence-electron chi connectivity index (χ0n) is 9.47. The molecule has 0 bridgehead atoms. The van der Waals surface area contributed by atoms with Crippen molar-refractivity contribution in [2.75, 3.05) is 5.32 Å². The fourth-order valence-electron chi connectivity index (χ4n) is 2.16. The second kappa shape index (κ2) is 5.17. The molecular formula is C13H17BrFN. The fourth-order valence-corrected chi connectivity index (χ4v) is 2.52. The molecule has 1 fully saturated rings. The van der Waals surface area contributed by atoms with Crippen LogP contribution in [0, 0.1) is 11.7 Å². The molecular weight excluding hydrogens is 269 g/mol. The zero-order valence-corrected chi connectivity index (χ0v) is 11.1. The number of anilines is 1. The molecule has 0 saturated heterocycles. The maximum Gasteiger partial charge on any atom is 0.125 e. The van der Waals surface area contributed by atoms with Gasteiger partial charge in [0.15, 0.2) is 0 Å². The average molecular weight is 286 g/mol. The second-order valence-electron chi connectivity index (χ2n) is 4.70. The Hall–Kier alpha value is -0.570. The van der Waals surface area contributed by atoms with E-state index in [-0.39, 0.29) is 5.82 Å². The maximum atomic E-state index is 13.1. The maximum absolute atomic E-state index is 13.1. The standard InChI is InChI=1S/C13H17BrFN/c1-9(7-10-3-2-4-10)16-13-8-11(15)5-6-12(13)14/h5-6,8-10,16H,2-4,7H2,1H3. The normalized spacial score (nSPS) is 17.9. The molecule has 88 valence electrons. The van der Waals surface area contributed by atoms with Crippen LogP contribution in [0.3, 0.4) is 0 Å². The van der Waals surface area contributed by atoms with Crippen LogP contribution in [0.1, 0.15) is 32.6 Å². The van der Waals surface area contributed by atoms with Crippen LogP contribution < -0.4 is 5.32 Å². The van der Waals surface area contributed by atoms with E-state index in [0.29, 0.717) is 6.04 Å². The van der Waals surface area contributed by atoms with Gasteiger partial charge in [-0.05, 0) is 53.4 Å². The summed E-state index contributed by atoms with van der Waals surface area (Å²) in [5, 5.41) is 3.36. The molecule has 1 nitrogen and oxygen atoms in total. The summed E-state index contributed by atoms with van der Waals surface area (Å²) < 4.78 is 14.0. The first-order chi connectivity index (χ1) is 7.65. The SMILES string of the molecule is CC(CC1CCC1)Nc1cc(F)ccc1Br. The molecule has 16 heavy (non-hydrogen) atoms. The van der Waals surface area contributed by atoms with E-state index in [0.717, 1.165) is 16.1 Å². The van der Waals surface area contributed by atoms with Crippen molar-refractivity contribution in [1.82, 2.24) is 0 Å². The highest BCUT2D eigenvalue weighted by Gasteiger charge is 2.20. The predicted molar refractivity (Wildman–Crippen MR) is 69.1 cm³/mol. The molecule has 3 heteroatoms. The molecule has 1 aromatic carbocycles. The number of hydrogen-bond acceptors (Lipinski definition) is 1. The quantitative estimate of drug-likeness (QED) is 0.854. The third-order valence-corrected chi connectivity index (χ3v) is 3.93. The highest BCUT2D eigenvalue weighted by molar-refractivity contribution is 9.10. The Morgan fingerprint density at radius 1 is 1.50 bits per heavy atom. The van der Waals surface area contributed by atoms with Crippen LogP contribution in [0.25, 0.3) is 0 Å². The molecule has 1 aromatic rings. The van der Waals surface area contributed by atoms with E-state index in [9.17, 15) is 4.39 Å². The number of halogens is 2. The lowest BCUT2D eigenvalue weighted by Crippen LogP contribution is -2.23. The van der Waals surface area contributed by atoms with Crippen molar-refractivity contribution in [1.29, 1.82) is 0 Å². The van der Waals surface area contributed by atoms with Crippen molar-refractivity contribution in [2.24, 2.45) is 5.92 Å². The van der Waals surface area contributed by atoms with Gasteiger partial charge in [-0.25, -0.2) is 4.39 Å². The third-order valence-electron chi connectivity index (χ3n) is 3.24. The lowest BCUT2D eigenvalue weighted by Gasteiger charge is -2.29. The van der Waals surface area contributed by atoms with E-state index in [1.165, 1.54) is 31.7 Å². The summed E-state index contributed by atoms with van der Waals surface area (Å²) in [6.45, 7) is 2.16. The van der Waals surface area contributed by atoms with Crippen LogP contribution in [0.4, 0.5) is 10.1 Å². The van der Waals surface area contributed by atoms with Crippen LogP contribution in [-0.4, -0.2) is 6.04 Å². The van der Waals surface area contributed by atoms with E-state index < -0.39 is 0 Å². The Balaban J connectivity index is 1.93. The lowest BCUT2D eigenvalue weighted by atomic mass is 9.81. The average Bonchev–Trinajstić information content (AvgIpc) is 2.18. The highest BCUT2D eigenvalue weighted by atomic mass is 79.9. The van der Waals surface area contributed by atoms with Crippen molar-refractivity contribution in [3.63, 3.8) is 0 Å². The summed E-state index contributed by atoms with van der Waals surface area (Å²) in [7, 11) is 0. The van der Waals surface area contributed by atoms with Crippen molar-refractivity contribution in [3.05, 3.63) is 28.5 Å². The minimum atomic E-state index is -0.193. The summed E-state index contributed by atoms with van der Waals surface area (Å²) in [4.78, 5) is 0. The van der Waals surface area contributed by atoms with E-state index in [1.807, 2.05) is 0 Å². The summed E-state index contributed by atoms with van der Waals surface area (Å²) >= 11 is 3.43. The minimum absolute atomic E-state index is 0.193. The van der Waals surface area contributed by atoms with Gasteiger partial charge in [-0.3, -0.25) is 0 Å². The Morgan fingerprint density at radius 3 is 2.88 bits per heavy atom. The van der Waals surface area contributed by atoms with Crippen LogP contribution in [0.2, 0.25) is 0 Å². The largest absolute Gasteiger partial charge is 0.382 e. The van der Waals surface area contributed by atoms with Crippen molar-refractivity contribution in [2.45, 2.75) is 38.6 Å². The van der Waals surface area contributed by atoms with Gasteiger partial charge in [0.25, 0.3) is 0 Å². The van der Waals surface area contributed by atoms with Crippen LogP contribution >= 0.6 is 15.9 Å². The van der Waals surface area contributed by atoms with E-state index in [4.69, 9.17) is 0 Å². The highest BCUT2D eigenvalue weighted by Crippen LogP contribution is 2.32. The molecule has 0 aliphatic heterocycles. The van der Waals surface area contributed by atoms with Crippen molar-refractivity contribution < 1.29 is 4.39 Å². The van der Waals surface area contributed by atoms with Gasteiger partial charge in [-0.15, -0.1) is 0 Å². The summed E-state index contributed by atoms with van der Waals surface area (Å²) in [6, 6.07) is 5.16. The Kier molecular flexibility index (Phi) is 3.85. The van der Waals surface area contributed by atoms with Gasteiger partial charge in [-0.1, -0.05) is 19.3 Å². The van der Waals surface area contributed by atoms with Gasteiger partial charge in [0, 0.05) is 10.5 Å². The third kappa shape index (κ3) is 2.97. The topological polar surface area (TPSA) is 12.0 Å².